The average Bonchev–Trinajstić information content (AvgIpc) is 2.56. The van der Waals surface area contributed by atoms with E-state index in [0.29, 0.717) is 11.1 Å². The summed E-state index contributed by atoms with van der Waals surface area (Å²) in [5, 5.41) is 0.866. The number of aromatic nitrogens is 1. The highest BCUT2D eigenvalue weighted by atomic mass is 79.9. The molecule has 0 saturated carbocycles. The molecule has 4 N–H and O–H groups in total. The van der Waals surface area contributed by atoms with Crippen molar-refractivity contribution < 1.29 is 4.79 Å². The number of fused-ring (bicyclic) bond motifs is 1. The van der Waals surface area contributed by atoms with Crippen LogP contribution in [0.3, 0.4) is 0 Å². The zero-order valence-electron chi connectivity index (χ0n) is 12.1. The fourth-order valence-corrected chi connectivity index (χ4v) is 2.98. The summed E-state index contributed by atoms with van der Waals surface area (Å²) in [6.07, 6.45) is -0.0848. The van der Waals surface area contributed by atoms with Gasteiger partial charge in [0, 0.05) is 26.5 Å². The predicted molar refractivity (Wildman–Crippen MR) is 93.7 cm³/mol. The van der Waals surface area contributed by atoms with Crippen LogP contribution in [0, 0.1) is 0 Å². The summed E-state index contributed by atoms with van der Waals surface area (Å²) in [5.41, 5.74) is 4.52. The topological polar surface area (TPSA) is 88.0 Å². The van der Waals surface area contributed by atoms with Gasteiger partial charge in [0.1, 0.15) is 0 Å². The van der Waals surface area contributed by atoms with E-state index in [0.717, 1.165) is 21.0 Å². The molecule has 0 saturated heterocycles. The number of hydrogen-bond acceptors (Lipinski definition) is 3. The summed E-state index contributed by atoms with van der Waals surface area (Å²) in [5.74, 6) is 4.76. The van der Waals surface area contributed by atoms with Crippen molar-refractivity contribution in [1.29, 1.82) is 0 Å². The Hall–Kier alpha value is -2.44. The minimum atomic E-state index is -0.415. The Labute approximate surface area is 140 Å². The number of pyridine rings is 1. The minimum absolute atomic E-state index is 0.0848. The average molecular weight is 372 g/mol. The molecule has 0 radical (unpaired) electrons. The molecule has 6 heteroatoms. The molecule has 1 heterocycles. The number of carbonyl (C=O) groups is 1. The fraction of sp³-hybridized carbons (Fsp3) is 0.0588. The summed E-state index contributed by atoms with van der Waals surface area (Å²) in [4.78, 5) is 27.0. The van der Waals surface area contributed by atoms with Crippen LogP contribution < -0.4 is 16.8 Å². The van der Waals surface area contributed by atoms with Gasteiger partial charge in [-0.15, -0.1) is 0 Å². The van der Waals surface area contributed by atoms with Gasteiger partial charge in [-0.05, 0) is 23.8 Å². The number of nitrogens with two attached hydrogens (primary N) is 1. The van der Waals surface area contributed by atoms with E-state index in [9.17, 15) is 9.59 Å². The van der Waals surface area contributed by atoms with E-state index in [1.807, 2.05) is 48.5 Å². The third-order valence-electron chi connectivity index (χ3n) is 3.64. The Morgan fingerprint density at radius 3 is 2.61 bits per heavy atom. The molecular weight excluding hydrogens is 358 g/mol. The lowest BCUT2D eigenvalue weighted by Gasteiger charge is -2.13. The van der Waals surface area contributed by atoms with Crippen LogP contribution in [0.5, 0.6) is 0 Å². The number of halogens is 1. The number of benzene rings is 2. The van der Waals surface area contributed by atoms with Crippen LogP contribution >= 0.6 is 15.9 Å². The quantitative estimate of drug-likeness (QED) is 0.375. The molecule has 0 aliphatic carbocycles. The largest absolute Gasteiger partial charge is 0.322 e. The fourth-order valence-electron chi connectivity index (χ4n) is 2.62. The van der Waals surface area contributed by atoms with Crippen molar-refractivity contribution in [3.05, 3.63) is 68.9 Å². The van der Waals surface area contributed by atoms with Crippen LogP contribution in [0.2, 0.25) is 0 Å². The molecule has 0 unspecified atom stereocenters. The van der Waals surface area contributed by atoms with Gasteiger partial charge in [-0.2, -0.15) is 0 Å². The third kappa shape index (κ3) is 3.04. The van der Waals surface area contributed by atoms with Gasteiger partial charge in [-0.3, -0.25) is 15.0 Å². The third-order valence-corrected chi connectivity index (χ3v) is 4.13. The van der Waals surface area contributed by atoms with Gasteiger partial charge in [0.25, 0.3) is 5.56 Å². The molecule has 1 amide bonds. The highest BCUT2D eigenvalue weighted by Crippen LogP contribution is 2.31. The van der Waals surface area contributed by atoms with Crippen LogP contribution in [0.4, 0.5) is 0 Å². The van der Waals surface area contributed by atoms with Crippen LogP contribution in [-0.4, -0.2) is 10.9 Å². The van der Waals surface area contributed by atoms with Crippen LogP contribution in [0.15, 0.2) is 57.8 Å². The van der Waals surface area contributed by atoms with Gasteiger partial charge >= 0.3 is 0 Å². The minimum Gasteiger partial charge on any atom is -0.322 e. The lowest BCUT2D eigenvalue weighted by molar-refractivity contribution is -0.120. The predicted octanol–water partition coefficient (Wildman–Crippen LogP) is 2.49. The van der Waals surface area contributed by atoms with Crippen molar-refractivity contribution >= 4 is 32.7 Å². The molecule has 3 rings (SSSR count). The van der Waals surface area contributed by atoms with E-state index >= 15 is 0 Å². The van der Waals surface area contributed by atoms with Crippen molar-refractivity contribution in [1.82, 2.24) is 10.4 Å². The first-order valence-corrected chi connectivity index (χ1v) is 7.78. The molecule has 23 heavy (non-hydrogen) atoms. The van der Waals surface area contributed by atoms with Crippen LogP contribution in [0.25, 0.3) is 22.0 Å². The van der Waals surface area contributed by atoms with Crippen molar-refractivity contribution in [2.75, 3.05) is 0 Å². The molecule has 0 aliphatic heterocycles. The number of aromatic amines is 1. The lowest BCUT2D eigenvalue weighted by Crippen LogP contribution is -2.33. The molecule has 116 valence electrons. The van der Waals surface area contributed by atoms with E-state index in [1.165, 1.54) is 0 Å². The highest BCUT2D eigenvalue weighted by Gasteiger charge is 2.17. The Kier molecular flexibility index (Phi) is 4.27. The molecule has 0 bridgehead atoms. The SMILES string of the molecule is NNC(=O)Cc1c(-c2ccccc2)c2cc(Br)ccc2[nH]c1=O. The van der Waals surface area contributed by atoms with Gasteiger partial charge in [-0.1, -0.05) is 46.3 Å². The monoisotopic (exact) mass is 371 g/mol. The number of carbonyl (C=O) groups excluding carboxylic acids is 1. The van der Waals surface area contributed by atoms with E-state index in [1.54, 1.807) is 0 Å². The molecule has 3 aromatic rings. The zero-order chi connectivity index (χ0) is 16.4. The summed E-state index contributed by atoms with van der Waals surface area (Å²) in [6, 6.07) is 15.1. The second-order valence-electron chi connectivity index (χ2n) is 5.11. The summed E-state index contributed by atoms with van der Waals surface area (Å²) in [7, 11) is 0. The van der Waals surface area contributed by atoms with Gasteiger partial charge in [0.2, 0.25) is 5.91 Å². The number of H-pyrrole nitrogens is 1. The van der Waals surface area contributed by atoms with E-state index in [2.05, 4.69) is 26.3 Å². The maximum atomic E-state index is 12.5. The molecule has 0 fully saturated rings. The normalized spacial score (nSPS) is 10.7. The summed E-state index contributed by atoms with van der Waals surface area (Å²) >= 11 is 3.46. The van der Waals surface area contributed by atoms with Gasteiger partial charge < -0.3 is 4.98 Å². The molecule has 5 nitrogen and oxygen atoms in total. The van der Waals surface area contributed by atoms with Crippen LogP contribution in [0.1, 0.15) is 5.56 Å². The maximum absolute atomic E-state index is 12.5. The van der Waals surface area contributed by atoms with Crippen molar-refractivity contribution in [3.63, 3.8) is 0 Å². The van der Waals surface area contributed by atoms with Gasteiger partial charge in [0.05, 0.1) is 6.42 Å². The molecule has 0 atom stereocenters. The second kappa shape index (κ2) is 6.36. The van der Waals surface area contributed by atoms with Crippen molar-refractivity contribution in [2.24, 2.45) is 5.84 Å². The summed E-state index contributed by atoms with van der Waals surface area (Å²) in [6.45, 7) is 0. The van der Waals surface area contributed by atoms with E-state index in [4.69, 9.17) is 5.84 Å². The lowest BCUT2D eigenvalue weighted by atomic mass is 9.94. The zero-order valence-corrected chi connectivity index (χ0v) is 13.7. The first-order valence-electron chi connectivity index (χ1n) is 6.99. The highest BCUT2D eigenvalue weighted by molar-refractivity contribution is 9.10. The summed E-state index contributed by atoms with van der Waals surface area (Å²) < 4.78 is 0.892. The molecular formula is C17H14BrN3O2. The number of amides is 1. The Morgan fingerprint density at radius 2 is 1.91 bits per heavy atom. The number of hydrazine groups is 1. The Balaban J connectivity index is 2.38. The Morgan fingerprint density at radius 1 is 1.17 bits per heavy atom. The van der Waals surface area contributed by atoms with Gasteiger partial charge in [-0.25, -0.2) is 5.84 Å². The van der Waals surface area contributed by atoms with Crippen molar-refractivity contribution in [2.45, 2.75) is 6.42 Å². The molecule has 1 aromatic heterocycles. The standard InChI is InChI=1S/C17H14BrN3O2/c18-11-6-7-14-12(8-11)16(10-4-2-1-3-5-10)13(17(23)20-14)9-15(22)21-19/h1-8H,9,19H2,(H,20,23)(H,21,22). The first-order chi connectivity index (χ1) is 11.1. The first kappa shape index (κ1) is 15.5. The molecule has 0 spiro atoms. The smallest absolute Gasteiger partial charge is 0.252 e. The second-order valence-corrected chi connectivity index (χ2v) is 6.02. The van der Waals surface area contributed by atoms with E-state index < -0.39 is 5.91 Å². The maximum Gasteiger partial charge on any atom is 0.252 e. The van der Waals surface area contributed by atoms with Gasteiger partial charge in [0.15, 0.2) is 0 Å². The van der Waals surface area contributed by atoms with E-state index in [-0.39, 0.29) is 12.0 Å². The number of rotatable bonds is 3. The molecule has 2 aromatic carbocycles. The Bertz CT molecular complexity index is 936. The van der Waals surface area contributed by atoms with Crippen LogP contribution in [-0.2, 0) is 11.2 Å². The number of hydrogen-bond donors (Lipinski definition) is 3. The van der Waals surface area contributed by atoms with Crippen molar-refractivity contribution in [3.8, 4) is 11.1 Å². The number of nitrogens with one attached hydrogen (secondary N) is 2. The molecule has 0 aliphatic rings.